The summed E-state index contributed by atoms with van der Waals surface area (Å²) in [5.74, 6) is -2.12. The first-order valence-corrected chi connectivity index (χ1v) is 12.8. The van der Waals surface area contributed by atoms with Gasteiger partial charge in [-0.05, 0) is 54.4 Å². The van der Waals surface area contributed by atoms with Crippen LogP contribution < -0.4 is 14.7 Å². The van der Waals surface area contributed by atoms with Crippen LogP contribution in [0.4, 0.5) is 17.1 Å². The number of hydrogen-bond donors (Lipinski definition) is 0. The van der Waals surface area contributed by atoms with Crippen molar-refractivity contribution < 1.29 is 28.9 Å². The van der Waals surface area contributed by atoms with Gasteiger partial charge in [0.1, 0.15) is 11.7 Å². The van der Waals surface area contributed by atoms with Crippen molar-refractivity contribution in [2.75, 3.05) is 9.96 Å². The second-order valence-electron chi connectivity index (χ2n) is 9.72. The molecular weight excluding hydrogens is 526 g/mol. The maximum absolute atomic E-state index is 13.9. The minimum atomic E-state index is -1.14. The number of nitro groups is 1. The van der Waals surface area contributed by atoms with E-state index in [0.717, 1.165) is 10.5 Å². The molecule has 0 unspecified atom stereocenters. The summed E-state index contributed by atoms with van der Waals surface area (Å²) < 4.78 is 5.50. The van der Waals surface area contributed by atoms with E-state index in [9.17, 15) is 24.5 Å². The lowest BCUT2D eigenvalue weighted by atomic mass is 9.90. The molecule has 0 spiro atoms. The van der Waals surface area contributed by atoms with Gasteiger partial charge < -0.3 is 4.74 Å². The molecule has 0 radical (unpaired) electrons. The third-order valence-electron chi connectivity index (χ3n) is 7.21. The molecule has 2 heterocycles. The highest BCUT2D eigenvalue weighted by Crippen LogP contribution is 2.48. The van der Waals surface area contributed by atoms with Crippen LogP contribution in [0.1, 0.15) is 27.5 Å². The summed E-state index contributed by atoms with van der Waals surface area (Å²) in [6.07, 6.45) is -1.14. The Bertz CT molecular complexity index is 1670. The number of fused-ring (bicyclic) bond motifs is 1. The van der Waals surface area contributed by atoms with Gasteiger partial charge in [-0.25, -0.2) is 14.8 Å². The van der Waals surface area contributed by atoms with Crippen LogP contribution in [-0.2, 0) is 14.4 Å². The number of benzene rings is 4. The van der Waals surface area contributed by atoms with E-state index in [0.29, 0.717) is 22.5 Å². The molecule has 0 saturated carbocycles. The van der Waals surface area contributed by atoms with Gasteiger partial charge >= 0.3 is 5.97 Å². The molecule has 4 aromatic carbocycles. The second kappa shape index (κ2) is 10.3. The SMILES string of the molecule is Cc1ccccc1N1C(=O)[C@H]2[C@H](ON(c3cccc([N+](=O)[O-])c3)[C@H]2c2ccc(OC(=O)c3ccccc3)cc2)C1=O. The number of para-hydroxylation sites is 1. The van der Waals surface area contributed by atoms with Crippen molar-refractivity contribution in [3.8, 4) is 5.75 Å². The van der Waals surface area contributed by atoms with Crippen molar-refractivity contribution in [3.05, 3.63) is 130 Å². The standard InChI is InChI=1S/C31H23N3O7/c1-19-8-5-6-13-25(19)32-29(35)26-27(20-14-16-24(17-15-20)40-31(37)21-9-3-2-4-10-21)33(41-28(26)30(32)36)22-11-7-12-23(18-22)34(38)39/h2-18,26-28H,1H3/t26-,27+,28+/m1/s1. The Morgan fingerprint density at radius 2 is 1.59 bits per heavy atom. The first-order chi connectivity index (χ1) is 19.8. The van der Waals surface area contributed by atoms with Crippen molar-refractivity contribution >= 4 is 34.8 Å². The van der Waals surface area contributed by atoms with Gasteiger partial charge in [-0.15, -0.1) is 0 Å². The summed E-state index contributed by atoms with van der Waals surface area (Å²) in [5.41, 5.74) is 2.38. The van der Waals surface area contributed by atoms with Gasteiger partial charge in [0.05, 0.1) is 27.9 Å². The highest BCUT2D eigenvalue weighted by atomic mass is 16.7. The lowest BCUT2D eigenvalue weighted by Gasteiger charge is -2.29. The number of amides is 2. The molecule has 3 atom stereocenters. The van der Waals surface area contributed by atoms with E-state index in [4.69, 9.17) is 9.57 Å². The lowest BCUT2D eigenvalue weighted by molar-refractivity contribution is -0.384. The van der Waals surface area contributed by atoms with E-state index in [1.54, 1.807) is 72.8 Å². The van der Waals surface area contributed by atoms with Crippen molar-refractivity contribution in [2.45, 2.75) is 19.1 Å². The first kappa shape index (κ1) is 25.9. The number of imide groups is 1. The minimum Gasteiger partial charge on any atom is -0.423 e. The Morgan fingerprint density at radius 1 is 0.878 bits per heavy atom. The van der Waals surface area contributed by atoms with Gasteiger partial charge in [0.15, 0.2) is 6.10 Å². The van der Waals surface area contributed by atoms with Gasteiger partial charge in [0.25, 0.3) is 11.6 Å². The number of carbonyl (C=O) groups excluding carboxylic acids is 3. The summed E-state index contributed by atoms with van der Waals surface area (Å²) in [7, 11) is 0. The van der Waals surface area contributed by atoms with Gasteiger partial charge in [-0.2, -0.15) is 0 Å². The number of nitrogens with zero attached hydrogens (tertiary/aromatic N) is 3. The topological polar surface area (TPSA) is 119 Å². The van der Waals surface area contributed by atoms with E-state index in [1.165, 1.54) is 23.3 Å². The number of aryl methyl sites for hydroxylation is 1. The van der Waals surface area contributed by atoms with E-state index in [2.05, 4.69) is 0 Å². The van der Waals surface area contributed by atoms with E-state index in [-0.39, 0.29) is 11.4 Å². The molecule has 6 rings (SSSR count). The van der Waals surface area contributed by atoms with Crippen LogP contribution >= 0.6 is 0 Å². The maximum Gasteiger partial charge on any atom is 0.343 e. The van der Waals surface area contributed by atoms with E-state index >= 15 is 0 Å². The van der Waals surface area contributed by atoms with Gasteiger partial charge in [-0.1, -0.05) is 54.6 Å². The number of ether oxygens (including phenoxy) is 1. The van der Waals surface area contributed by atoms with Gasteiger partial charge in [0.2, 0.25) is 5.91 Å². The molecule has 10 heteroatoms. The number of hydroxylamine groups is 1. The monoisotopic (exact) mass is 549 g/mol. The first-order valence-electron chi connectivity index (χ1n) is 12.8. The molecule has 10 nitrogen and oxygen atoms in total. The van der Waals surface area contributed by atoms with E-state index < -0.39 is 40.8 Å². The average molecular weight is 550 g/mol. The summed E-state index contributed by atoms with van der Waals surface area (Å²) >= 11 is 0. The Hall–Kier alpha value is -5.35. The molecule has 2 saturated heterocycles. The van der Waals surface area contributed by atoms with Gasteiger partial charge in [-0.3, -0.25) is 24.5 Å². The fourth-order valence-electron chi connectivity index (χ4n) is 5.25. The fourth-order valence-corrected chi connectivity index (χ4v) is 5.25. The number of carbonyl (C=O) groups is 3. The third kappa shape index (κ3) is 4.60. The molecule has 4 aromatic rings. The molecule has 2 amide bonds. The summed E-state index contributed by atoms with van der Waals surface area (Å²) in [6.45, 7) is 1.81. The van der Waals surface area contributed by atoms with Crippen LogP contribution in [0, 0.1) is 23.0 Å². The predicted molar refractivity (Wildman–Crippen MR) is 148 cm³/mol. The van der Waals surface area contributed by atoms with Crippen LogP contribution in [-0.4, -0.2) is 28.8 Å². The third-order valence-corrected chi connectivity index (χ3v) is 7.21. The second-order valence-corrected chi connectivity index (χ2v) is 9.72. The molecule has 0 N–H and O–H groups in total. The zero-order chi connectivity index (χ0) is 28.7. The molecule has 0 aliphatic carbocycles. The van der Waals surface area contributed by atoms with Crippen molar-refractivity contribution in [1.29, 1.82) is 0 Å². The smallest absolute Gasteiger partial charge is 0.343 e. The summed E-state index contributed by atoms with van der Waals surface area (Å²) in [4.78, 5) is 58.2. The van der Waals surface area contributed by atoms with Crippen LogP contribution in [0.5, 0.6) is 5.75 Å². The predicted octanol–water partition coefficient (Wildman–Crippen LogP) is 5.17. The molecule has 204 valence electrons. The van der Waals surface area contributed by atoms with Crippen molar-refractivity contribution in [2.24, 2.45) is 5.92 Å². The zero-order valence-corrected chi connectivity index (χ0v) is 21.7. The average Bonchev–Trinajstić information content (AvgIpc) is 3.50. The summed E-state index contributed by atoms with van der Waals surface area (Å²) in [6, 6.07) is 27.2. The normalized spacial score (nSPS) is 19.8. The quantitative estimate of drug-likeness (QED) is 0.106. The van der Waals surface area contributed by atoms with Crippen LogP contribution in [0.15, 0.2) is 103 Å². The number of nitro benzene ring substituents is 1. The minimum absolute atomic E-state index is 0.163. The molecule has 2 fully saturated rings. The molecule has 41 heavy (non-hydrogen) atoms. The lowest BCUT2D eigenvalue weighted by Crippen LogP contribution is -2.37. The largest absolute Gasteiger partial charge is 0.423 e. The van der Waals surface area contributed by atoms with Crippen molar-refractivity contribution in [1.82, 2.24) is 0 Å². The van der Waals surface area contributed by atoms with Crippen molar-refractivity contribution in [3.63, 3.8) is 0 Å². The highest BCUT2D eigenvalue weighted by molar-refractivity contribution is 6.24. The Kier molecular flexibility index (Phi) is 6.52. The maximum atomic E-state index is 13.9. The van der Waals surface area contributed by atoms with Crippen LogP contribution in [0.25, 0.3) is 0 Å². The Balaban J connectivity index is 1.37. The molecule has 2 aliphatic rings. The number of non-ortho nitro benzene ring substituents is 1. The molecular formula is C31H23N3O7. The molecule has 0 aromatic heterocycles. The Labute approximate surface area is 234 Å². The summed E-state index contributed by atoms with van der Waals surface area (Å²) in [5, 5.41) is 12.9. The Morgan fingerprint density at radius 3 is 2.29 bits per heavy atom. The number of anilines is 2. The van der Waals surface area contributed by atoms with Gasteiger partial charge in [0, 0.05) is 12.1 Å². The van der Waals surface area contributed by atoms with Crippen LogP contribution in [0.2, 0.25) is 0 Å². The molecule has 2 aliphatic heterocycles. The zero-order valence-electron chi connectivity index (χ0n) is 21.7. The van der Waals surface area contributed by atoms with Crippen LogP contribution in [0.3, 0.4) is 0 Å². The molecule has 0 bridgehead atoms. The number of rotatable bonds is 6. The highest BCUT2D eigenvalue weighted by Gasteiger charge is 2.60. The fraction of sp³-hybridized carbons (Fsp3) is 0.129. The number of esters is 1. The number of hydrogen-bond acceptors (Lipinski definition) is 8. The van der Waals surface area contributed by atoms with E-state index in [1.807, 2.05) is 19.1 Å².